The maximum Gasteiger partial charge on any atom is 0.250 e. The third kappa shape index (κ3) is 5.74. The molecule has 1 aliphatic heterocycles. The van der Waals surface area contributed by atoms with Crippen LogP contribution in [0.15, 0.2) is 77.7 Å². The molecule has 3 atom stereocenters. The Labute approximate surface area is 251 Å². The molecule has 42 heavy (non-hydrogen) atoms. The molecule has 2 aromatic heterocycles. The smallest absolute Gasteiger partial charge is 0.250 e. The summed E-state index contributed by atoms with van der Waals surface area (Å²) in [6, 6.07) is 19.4. The van der Waals surface area contributed by atoms with Gasteiger partial charge in [0.25, 0.3) is 0 Å². The van der Waals surface area contributed by atoms with Crippen LogP contribution in [0, 0.1) is 0 Å². The molecule has 1 aliphatic carbocycles. The number of pyridine rings is 1. The summed E-state index contributed by atoms with van der Waals surface area (Å²) < 4.78 is 0. The van der Waals surface area contributed by atoms with E-state index in [0.29, 0.717) is 6.54 Å². The van der Waals surface area contributed by atoms with E-state index in [9.17, 15) is 9.59 Å². The van der Waals surface area contributed by atoms with Crippen molar-refractivity contribution in [3.63, 3.8) is 0 Å². The normalized spacial score (nSPS) is 18.5. The molecule has 0 unspecified atom stereocenters. The molecule has 2 amide bonds. The molecule has 0 bridgehead atoms. The number of allylic oxidation sites excluding steroid dienone is 1. The number of hydrogen-bond acceptors (Lipinski definition) is 6. The second-order valence-corrected chi connectivity index (χ2v) is 12.1. The van der Waals surface area contributed by atoms with Crippen LogP contribution in [0.25, 0.3) is 33.4 Å². The van der Waals surface area contributed by atoms with E-state index in [1.165, 1.54) is 0 Å². The van der Waals surface area contributed by atoms with Crippen LogP contribution < -0.4 is 10.6 Å². The van der Waals surface area contributed by atoms with Crippen LogP contribution in [0.4, 0.5) is 0 Å². The van der Waals surface area contributed by atoms with Crippen LogP contribution in [-0.2, 0) is 9.59 Å². The summed E-state index contributed by atoms with van der Waals surface area (Å²) in [6.45, 7) is 2.48. The van der Waals surface area contributed by atoms with Crippen LogP contribution >= 0.6 is 11.3 Å². The van der Waals surface area contributed by atoms with Gasteiger partial charge < -0.3 is 15.5 Å². The first-order valence-electron chi connectivity index (χ1n) is 14.9. The quantitative estimate of drug-likeness (QED) is 0.240. The zero-order valence-corrected chi connectivity index (χ0v) is 25.0. The SMILES string of the molecule is CN[C@@H](C)C(=O)N[C@H](C(=O)N1CCC[C@H]1c1nc(-c2cc(-c3ccccc3)nc3ccccc23)cs1)C1=CCCCC1. The van der Waals surface area contributed by atoms with Gasteiger partial charge in [-0.25, -0.2) is 9.97 Å². The predicted molar refractivity (Wildman–Crippen MR) is 169 cm³/mol. The average Bonchev–Trinajstić information content (AvgIpc) is 3.73. The molecule has 2 aliphatic rings. The molecule has 8 heteroatoms. The predicted octanol–water partition coefficient (Wildman–Crippen LogP) is 6.28. The van der Waals surface area contributed by atoms with Gasteiger partial charge in [0.05, 0.1) is 29.0 Å². The van der Waals surface area contributed by atoms with Gasteiger partial charge in [-0.15, -0.1) is 11.3 Å². The summed E-state index contributed by atoms with van der Waals surface area (Å²) in [5.74, 6) is -0.187. The number of rotatable bonds is 8. The van der Waals surface area contributed by atoms with E-state index < -0.39 is 6.04 Å². The molecule has 1 fully saturated rings. The van der Waals surface area contributed by atoms with E-state index in [1.807, 2.05) is 48.2 Å². The molecule has 216 valence electrons. The number of hydrogen-bond donors (Lipinski definition) is 2. The summed E-state index contributed by atoms with van der Waals surface area (Å²) in [6.07, 6.45) is 7.87. The summed E-state index contributed by atoms with van der Waals surface area (Å²) in [5.41, 5.74) is 5.86. The zero-order valence-electron chi connectivity index (χ0n) is 24.2. The first kappa shape index (κ1) is 28.2. The number of nitrogens with zero attached hydrogens (tertiary/aromatic N) is 3. The fourth-order valence-corrected chi connectivity index (χ4v) is 6.96. The third-order valence-electron chi connectivity index (χ3n) is 8.46. The summed E-state index contributed by atoms with van der Waals surface area (Å²) in [4.78, 5) is 39.1. The van der Waals surface area contributed by atoms with Crippen molar-refractivity contribution in [1.29, 1.82) is 0 Å². The monoisotopic (exact) mass is 579 g/mol. The van der Waals surface area contributed by atoms with Crippen molar-refractivity contribution in [3.8, 4) is 22.5 Å². The molecule has 1 saturated heterocycles. The lowest BCUT2D eigenvalue weighted by atomic mass is 9.92. The number of amides is 2. The maximum absolute atomic E-state index is 14.1. The summed E-state index contributed by atoms with van der Waals surface area (Å²) in [7, 11) is 1.76. The topological polar surface area (TPSA) is 87.2 Å². The number of para-hydroxylation sites is 1. The van der Waals surface area contributed by atoms with Gasteiger partial charge in [0.1, 0.15) is 11.0 Å². The number of likely N-dealkylation sites (tertiary alicyclic amines) is 1. The van der Waals surface area contributed by atoms with E-state index >= 15 is 0 Å². The Bertz CT molecular complexity index is 1610. The van der Waals surface area contributed by atoms with Crippen molar-refractivity contribution in [2.45, 2.75) is 63.6 Å². The second-order valence-electron chi connectivity index (χ2n) is 11.2. The van der Waals surface area contributed by atoms with Gasteiger partial charge in [-0.1, -0.05) is 54.6 Å². The minimum atomic E-state index is -0.633. The Morgan fingerprint density at radius 3 is 2.60 bits per heavy atom. The molecule has 2 N–H and O–H groups in total. The van der Waals surface area contributed by atoms with Gasteiger partial charge in [0.2, 0.25) is 11.8 Å². The van der Waals surface area contributed by atoms with E-state index in [1.54, 1.807) is 18.4 Å². The number of carbonyl (C=O) groups is 2. The largest absolute Gasteiger partial charge is 0.339 e. The maximum atomic E-state index is 14.1. The highest BCUT2D eigenvalue weighted by Crippen LogP contribution is 2.39. The fourth-order valence-electron chi connectivity index (χ4n) is 6.00. The number of benzene rings is 2. The molecular weight excluding hydrogens is 542 g/mol. The van der Waals surface area contributed by atoms with Gasteiger partial charge in [0, 0.05) is 28.4 Å². The number of nitrogens with one attached hydrogen (secondary N) is 2. The Morgan fingerprint density at radius 2 is 1.81 bits per heavy atom. The number of thiazole rings is 1. The molecule has 4 aromatic rings. The van der Waals surface area contributed by atoms with Crippen molar-refractivity contribution in [1.82, 2.24) is 25.5 Å². The molecule has 6 rings (SSSR count). The molecule has 2 aromatic carbocycles. The molecule has 7 nitrogen and oxygen atoms in total. The lowest BCUT2D eigenvalue weighted by molar-refractivity contribution is -0.136. The zero-order chi connectivity index (χ0) is 29.1. The van der Waals surface area contributed by atoms with Crippen molar-refractivity contribution in [2.24, 2.45) is 0 Å². The van der Waals surface area contributed by atoms with Crippen LogP contribution in [-0.4, -0.2) is 52.4 Å². The minimum Gasteiger partial charge on any atom is -0.339 e. The summed E-state index contributed by atoms with van der Waals surface area (Å²) >= 11 is 1.61. The van der Waals surface area contributed by atoms with E-state index in [4.69, 9.17) is 9.97 Å². The molecular formula is C34H37N5O2S. The highest BCUT2D eigenvalue weighted by Gasteiger charge is 2.38. The molecule has 0 radical (unpaired) electrons. The standard InChI is InChI=1S/C34H37N5O2S/c1-22(35-2)32(40)38-31(24-14-7-4-8-15-24)34(41)39-19-11-18-30(39)33-37-29(21-42-33)26-20-28(23-12-5-3-6-13-23)36-27-17-10-9-16-25(26)27/h3,5-6,9-10,12-14,16-17,20-22,30-31,35H,4,7-8,11,15,18-19H2,1-2H3,(H,38,40)/t22-,30-,31-/m0/s1. The Hall–Kier alpha value is -3.88. The Balaban J connectivity index is 1.32. The second kappa shape index (κ2) is 12.5. The minimum absolute atomic E-state index is 0.0280. The summed E-state index contributed by atoms with van der Waals surface area (Å²) in [5, 5.41) is 10.2. The van der Waals surface area contributed by atoms with Crippen molar-refractivity contribution in [2.75, 3.05) is 13.6 Å². The Morgan fingerprint density at radius 1 is 1.00 bits per heavy atom. The van der Waals surface area contributed by atoms with Crippen LogP contribution in [0.3, 0.4) is 0 Å². The van der Waals surface area contributed by atoms with Gasteiger partial charge >= 0.3 is 0 Å². The van der Waals surface area contributed by atoms with Gasteiger partial charge in [-0.3, -0.25) is 9.59 Å². The van der Waals surface area contributed by atoms with Crippen molar-refractivity contribution in [3.05, 3.63) is 82.7 Å². The van der Waals surface area contributed by atoms with E-state index in [-0.39, 0.29) is 23.9 Å². The Kier molecular flexibility index (Phi) is 8.44. The fraction of sp³-hybridized carbons (Fsp3) is 0.353. The lowest BCUT2D eigenvalue weighted by Gasteiger charge is -2.31. The number of carbonyl (C=O) groups excluding carboxylic acids is 2. The van der Waals surface area contributed by atoms with Crippen molar-refractivity contribution < 1.29 is 9.59 Å². The number of aromatic nitrogens is 2. The van der Waals surface area contributed by atoms with Crippen LogP contribution in [0.1, 0.15) is 56.5 Å². The van der Waals surface area contributed by atoms with Gasteiger partial charge in [-0.2, -0.15) is 0 Å². The third-order valence-corrected chi connectivity index (χ3v) is 9.41. The highest BCUT2D eigenvalue weighted by molar-refractivity contribution is 7.10. The number of fused-ring (bicyclic) bond motifs is 1. The first-order chi connectivity index (χ1) is 20.5. The van der Waals surface area contributed by atoms with Crippen LogP contribution in [0.5, 0.6) is 0 Å². The molecule has 0 spiro atoms. The van der Waals surface area contributed by atoms with E-state index in [2.05, 4.69) is 46.4 Å². The van der Waals surface area contributed by atoms with Gasteiger partial charge in [-0.05, 0) is 70.2 Å². The first-order valence-corrected chi connectivity index (χ1v) is 15.8. The van der Waals surface area contributed by atoms with Crippen molar-refractivity contribution >= 4 is 34.1 Å². The molecule has 3 heterocycles. The highest BCUT2D eigenvalue weighted by atomic mass is 32.1. The van der Waals surface area contributed by atoms with E-state index in [0.717, 1.165) is 82.5 Å². The average molecular weight is 580 g/mol. The molecule has 0 saturated carbocycles. The van der Waals surface area contributed by atoms with Crippen LogP contribution in [0.2, 0.25) is 0 Å². The van der Waals surface area contributed by atoms with Gasteiger partial charge in [0.15, 0.2) is 0 Å². The lowest BCUT2D eigenvalue weighted by Crippen LogP contribution is -2.53. The number of likely N-dealkylation sites (N-methyl/N-ethyl adjacent to an activating group) is 1.